The van der Waals surface area contributed by atoms with Crippen molar-refractivity contribution in [3.63, 3.8) is 0 Å². The van der Waals surface area contributed by atoms with E-state index >= 15 is 0 Å². The molecule has 0 bridgehead atoms. The molecule has 0 spiro atoms. The third-order valence-corrected chi connectivity index (χ3v) is 2.50. The van der Waals surface area contributed by atoms with Crippen molar-refractivity contribution in [3.05, 3.63) is 17.9 Å². The molecular weight excluding hydrogens is 178 g/mol. The van der Waals surface area contributed by atoms with Crippen LogP contribution < -0.4 is 4.90 Å². The average Bonchev–Trinajstić information content (AvgIpc) is 2.68. The van der Waals surface area contributed by atoms with E-state index in [2.05, 4.69) is 30.9 Å². The Kier molecular flexibility index (Phi) is 2.77. The number of furan rings is 1. The summed E-state index contributed by atoms with van der Waals surface area (Å²) in [6.07, 6.45) is 0. The van der Waals surface area contributed by atoms with E-state index in [1.165, 1.54) is 0 Å². The lowest BCUT2D eigenvalue weighted by atomic mass is 10.2. The molecule has 2 rings (SSSR count). The molecule has 2 heterocycles. The van der Waals surface area contributed by atoms with Crippen molar-refractivity contribution < 1.29 is 9.15 Å². The van der Waals surface area contributed by atoms with Gasteiger partial charge in [0.05, 0.1) is 13.2 Å². The summed E-state index contributed by atoms with van der Waals surface area (Å²) in [4.78, 5) is 2.23. The lowest BCUT2D eigenvalue weighted by molar-refractivity contribution is 0.120. The van der Waals surface area contributed by atoms with Crippen molar-refractivity contribution >= 4 is 5.88 Å². The zero-order chi connectivity index (χ0) is 9.97. The van der Waals surface area contributed by atoms with Crippen LogP contribution in [0.3, 0.4) is 0 Å². The van der Waals surface area contributed by atoms with Gasteiger partial charge in [0.25, 0.3) is 0 Å². The number of rotatable bonds is 2. The second kappa shape index (κ2) is 4.05. The van der Waals surface area contributed by atoms with Crippen LogP contribution >= 0.6 is 0 Å². The lowest BCUT2D eigenvalue weighted by Gasteiger charge is -2.26. The molecule has 0 amide bonds. The van der Waals surface area contributed by atoms with E-state index in [0.717, 1.165) is 37.9 Å². The highest BCUT2D eigenvalue weighted by molar-refractivity contribution is 5.37. The second-order valence-electron chi connectivity index (χ2n) is 3.93. The van der Waals surface area contributed by atoms with Gasteiger partial charge in [0, 0.05) is 25.1 Å². The molecule has 1 aromatic heterocycles. The van der Waals surface area contributed by atoms with Crippen molar-refractivity contribution in [2.75, 3.05) is 31.2 Å². The molecule has 3 heteroatoms. The van der Waals surface area contributed by atoms with Gasteiger partial charge in [-0.15, -0.1) is 0 Å². The number of morpholine rings is 1. The Morgan fingerprint density at radius 1 is 1.21 bits per heavy atom. The summed E-state index contributed by atoms with van der Waals surface area (Å²) in [6, 6.07) is 4.12. The fraction of sp³-hybridized carbons (Fsp3) is 0.636. The molecule has 1 aromatic rings. The highest BCUT2D eigenvalue weighted by Crippen LogP contribution is 2.24. The van der Waals surface area contributed by atoms with Crippen LogP contribution in [-0.2, 0) is 4.74 Å². The van der Waals surface area contributed by atoms with Crippen LogP contribution in [0.1, 0.15) is 25.5 Å². The maximum Gasteiger partial charge on any atom is 0.195 e. The van der Waals surface area contributed by atoms with E-state index in [0.29, 0.717) is 5.92 Å². The Morgan fingerprint density at radius 2 is 1.93 bits per heavy atom. The zero-order valence-corrected chi connectivity index (χ0v) is 8.82. The van der Waals surface area contributed by atoms with Crippen LogP contribution in [0.4, 0.5) is 5.88 Å². The van der Waals surface area contributed by atoms with E-state index in [9.17, 15) is 0 Å². The summed E-state index contributed by atoms with van der Waals surface area (Å²) in [5.41, 5.74) is 0. The first-order valence-corrected chi connectivity index (χ1v) is 5.20. The summed E-state index contributed by atoms with van der Waals surface area (Å²) in [7, 11) is 0. The van der Waals surface area contributed by atoms with Gasteiger partial charge in [-0.2, -0.15) is 0 Å². The van der Waals surface area contributed by atoms with Gasteiger partial charge in [0.1, 0.15) is 5.76 Å². The maximum atomic E-state index is 5.75. The number of ether oxygens (including phenoxy) is 1. The predicted octanol–water partition coefficient (Wildman–Crippen LogP) is 2.24. The summed E-state index contributed by atoms with van der Waals surface area (Å²) in [5, 5.41) is 0. The minimum absolute atomic E-state index is 0.463. The standard InChI is InChI=1S/C11H17NO2/c1-9(2)10-3-4-11(14-10)12-5-7-13-8-6-12/h3-4,9H,5-8H2,1-2H3. The summed E-state index contributed by atoms with van der Waals surface area (Å²) in [6.45, 7) is 7.76. The van der Waals surface area contributed by atoms with E-state index in [1.807, 2.05) is 0 Å². The van der Waals surface area contributed by atoms with Crippen molar-refractivity contribution in [3.8, 4) is 0 Å². The molecule has 0 radical (unpaired) electrons. The molecule has 1 fully saturated rings. The van der Waals surface area contributed by atoms with Crippen LogP contribution in [0.25, 0.3) is 0 Å². The quantitative estimate of drug-likeness (QED) is 0.723. The first-order valence-electron chi connectivity index (χ1n) is 5.20. The molecule has 0 aromatic carbocycles. The summed E-state index contributed by atoms with van der Waals surface area (Å²) in [5.74, 6) is 2.51. The van der Waals surface area contributed by atoms with Gasteiger partial charge in [0.15, 0.2) is 5.88 Å². The first-order chi connectivity index (χ1) is 6.77. The van der Waals surface area contributed by atoms with Crippen molar-refractivity contribution in [2.45, 2.75) is 19.8 Å². The van der Waals surface area contributed by atoms with Gasteiger partial charge < -0.3 is 14.1 Å². The van der Waals surface area contributed by atoms with Gasteiger partial charge >= 0.3 is 0 Å². The van der Waals surface area contributed by atoms with Crippen LogP contribution in [0.5, 0.6) is 0 Å². The molecule has 14 heavy (non-hydrogen) atoms. The largest absolute Gasteiger partial charge is 0.445 e. The minimum atomic E-state index is 0.463. The second-order valence-corrected chi connectivity index (χ2v) is 3.93. The van der Waals surface area contributed by atoms with Gasteiger partial charge in [-0.25, -0.2) is 0 Å². The molecule has 0 unspecified atom stereocenters. The third-order valence-electron chi connectivity index (χ3n) is 2.50. The summed E-state index contributed by atoms with van der Waals surface area (Å²) >= 11 is 0. The molecule has 3 nitrogen and oxygen atoms in total. The fourth-order valence-electron chi connectivity index (χ4n) is 1.61. The van der Waals surface area contributed by atoms with Gasteiger partial charge in [-0.3, -0.25) is 0 Å². The van der Waals surface area contributed by atoms with Crippen LogP contribution in [0.15, 0.2) is 16.5 Å². The molecule has 78 valence electrons. The van der Waals surface area contributed by atoms with Crippen LogP contribution in [0, 0.1) is 0 Å². The molecule has 0 saturated carbocycles. The molecule has 1 aliphatic heterocycles. The monoisotopic (exact) mass is 195 g/mol. The smallest absolute Gasteiger partial charge is 0.195 e. The van der Waals surface area contributed by atoms with Gasteiger partial charge in [-0.05, 0) is 6.07 Å². The Labute approximate surface area is 84.6 Å². The van der Waals surface area contributed by atoms with E-state index in [1.54, 1.807) is 0 Å². The molecule has 0 N–H and O–H groups in total. The number of anilines is 1. The molecular formula is C11H17NO2. The van der Waals surface area contributed by atoms with E-state index < -0.39 is 0 Å². The Bertz CT molecular complexity index is 287. The molecule has 0 atom stereocenters. The Morgan fingerprint density at radius 3 is 2.50 bits per heavy atom. The van der Waals surface area contributed by atoms with E-state index in [4.69, 9.17) is 9.15 Å². The van der Waals surface area contributed by atoms with Gasteiger partial charge in [0.2, 0.25) is 0 Å². The third kappa shape index (κ3) is 1.93. The Balaban J connectivity index is 2.07. The van der Waals surface area contributed by atoms with Crippen molar-refractivity contribution in [1.29, 1.82) is 0 Å². The zero-order valence-electron chi connectivity index (χ0n) is 8.82. The summed E-state index contributed by atoms with van der Waals surface area (Å²) < 4.78 is 11.0. The van der Waals surface area contributed by atoms with Crippen molar-refractivity contribution in [2.24, 2.45) is 0 Å². The van der Waals surface area contributed by atoms with E-state index in [-0.39, 0.29) is 0 Å². The normalized spacial score (nSPS) is 17.8. The highest BCUT2D eigenvalue weighted by atomic mass is 16.5. The minimum Gasteiger partial charge on any atom is -0.445 e. The molecule has 1 aliphatic rings. The number of hydrogen-bond acceptors (Lipinski definition) is 3. The number of nitrogens with zero attached hydrogens (tertiary/aromatic N) is 1. The average molecular weight is 195 g/mol. The topological polar surface area (TPSA) is 25.6 Å². The molecule has 1 saturated heterocycles. The first kappa shape index (κ1) is 9.59. The predicted molar refractivity (Wildman–Crippen MR) is 55.8 cm³/mol. The van der Waals surface area contributed by atoms with Gasteiger partial charge in [-0.1, -0.05) is 13.8 Å². The highest BCUT2D eigenvalue weighted by Gasteiger charge is 2.15. The number of hydrogen-bond donors (Lipinski definition) is 0. The van der Waals surface area contributed by atoms with Crippen molar-refractivity contribution in [1.82, 2.24) is 0 Å². The fourth-order valence-corrected chi connectivity index (χ4v) is 1.61. The maximum absolute atomic E-state index is 5.75. The Hall–Kier alpha value is -0.960. The molecule has 0 aliphatic carbocycles. The lowest BCUT2D eigenvalue weighted by Crippen LogP contribution is -2.35. The van der Waals surface area contributed by atoms with Crippen LogP contribution in [-0.4, -0.2) is 26.3 Å². The SMILES string of the molecule is CC(C)c1ccc(N2CCOCC2)o1. The van der Waals surface area contributed by atoms with Crippen LogP contribution in [0.2, 0.25) is 0 Å².